The summed E-state index contributed by atoms with van der Waals surface area (Å²) in [5.41, 5.74) is 2.10. The van der Waals surface area contributed by atoms with Gasteiger partial charge in [0.15, 0.2) is 0 Å². The van der Waals surface area contributed by atoms with Crippen LogP contribution < -0.4 is 5.32 Å². The van der Waals surface area contributed by atoms with Gasteiger partial charge in [0.2, 0.25) is 5.91 Å². The minimum atomic E-state index is -0.155. The Balaban J connectivity index is 1.63. The van der Waals surface area contributed by atoms with Gasteiger partial charge in [0, 0.05) is 11.8 Å². The maximum absolute atomic E-state index is 11.9. The van der Waals surface area contributed by atoms with Crippen LogP contribution in [0.15, 0.2) is 53.2 Å². The number of carbonyl (C=O) groups excluding carboxylic acids is 1. The van der Waals surface area contributed by atoms with Crippen LogP contribution in [-0.4, -0.2) is 17.4 Å². The first-order valence-corrected chi connectivity index (χ1v) is 9.27. The van der Waals surface area contributed by atoms with Gasteiger partial charge in [-0.25, -0.2) is 0 Å². The van der Waals surface area contributed by atoms with E-state index in [2.05, 4.69) is 17.4 Å². The summed E-state index contributed by atoms with van der Waals surface area (Å²) in [5.74, 6) is 2.93. The average Bonchev–Trinajstić information content (AvgIpc) is 3.08. The normalized spacial score (nSPS) is 16.0. The van der Waals surface area contributed by atoms with Crippen LogP contribution in [0.4, 0.5) is 5.69 Å². The zero-order valence-corrected chi connectivity index (χ0v) is 13.7. The summed E-state index contributed by atoms with van der Waals surface area (Å²) in [7, 11) is 0. The molecule has 5 heteroatoms. The molecule has 1 N–H and O–H groups in total. The van der Waals surface area contributed by atoms with Gasteiger partial charge in [0.1, 0.15) is 5.76 Å². The van der Waals surface area contributed by atoms with Crippen LogP contribution in [0.5, 0.6) is 0 Å². The van der Waals surface area contributed by atoms with Gasteiger partial charge in [-0.1, -0.05) is 12.1 Å². The third-order valence-corrected chi connectivity index (χ3v) is 6.21. The molecule has 114 valence electrons. The highest BCUT2D eigenvalue weighted by molar-refractivity contribution is 8.16. The second-order valence-electron chi connectivity index (χ2n) is 4.89. The van der Waals surface area contributed by atoms with Crippen LogP contribution in [0.3, 0.4) is 0 Å². The van der Waals surface area contributed by atoms with Gasteiger partial charge in [-0.2, -0.15) is 0 Å². The number of anilines is 1. The lowest BCUT2D eigenvalue weighted by atomic mass is 10.2. The summed E-state index contributed by atoms with van der Waals surface area (Å²) in [5, 5.41) is 2.90. The molecule has 1 fully saturated rings. The van der Waals surface area contributed by atoms with Gasteiger partial charge in [0.05, 0.1) is 10.8 Å². The number of benzene rings is 1. The van der Waals surface area contributed by atoms with E-state index in [-0.39, 0.29) is 5.91 Å². The minimum absolute atomic E-state index is 0.155. The number of hydrogen-bond acceptors (Lipinski definition) is 4. The fourth-order valence-electron chi connectivity index (χ4n) is 2.17. The largest absolute Gasteiger partial charge is 0.465 e. The zero-order valence-electron chi connectivity index (χ0n) is 12.0. The fourth-order valence-corrected chi connectivity index (χ4v) is 5.04. The number of nitrogens with one attached hydrogen (secondary N) is 1. The number of carbonyl (C=O) groups is 1. The molecule has 1 aliphatic heterocycles. The highest BCUT2D eigenvalue weighted by Gasteiger charge is 2.16. The highest BCUT2D eigenvalue weighted by Crippen LogP contribution is 2.43. The van der Waals surface area contributed by atoms with Crippen molar-refractivity contribution in [3.8, 4) is 0 Å². The first-order valence-electron chi connectivity index (χ1n) is 7.17. The molecule has 3 nitrogen and oxygen atoms in total. The van der Waals surface area contributed by atoms with Crippen molar-refractivity contribution < 1.29 is 9.21 Å². The van der Waals surface area contributed by atoms with E-state index >= 15 is 0 Å². The van der Waals surface area contributed by atoms with Crippen LogP contribution in [0.25, 0.3) is 6.08 Å². The van der Waals surface area contributed by atoms with Crippen LogP contribution >= 0.6 is 23.5 Å². The van der Waals surface area contributed by atoms with Crippen LogP contribution in [0.1, 0.15) is 22.3 Å². The van der Waals surface area contributed by atoms with E-state index in [0.29, 0.717) is 10.3 Å². The quantitative estimate of drug-likeness (QED) is 0.817. The van der Waals surface area contributed by atoms with Crippen molar-refractivity contribution in [1.29, 1.82) is 0 Å². The van der Waals surface area contributed by atoms with Crippen molar-refractivity contribution in [3.63, 3.8) is 0 Å². The summed E-state index contributed by atoms with van der Waals surface area (Å²) < 4.78 is 5.64. The van der Waals surface area contributed by atoms with Crippen LogP contribution in [-0.2, 0) is 4.79 Å². The topological polar surface area (TPSA) is 42.2 Å². The number of hydrogen-bond donors (Lipinski definition) is 1. The lowest BCUT2D eigenvalue weighted by molar-refractivity contribution is -0.111. The molecule has 0 saturated carbocycles. The Hall–Kier alpha value is -1.59. The molecule has 2 aromatic rings. The van der Waals surface area contributed by atoms with Gasteiger partial charge in [-0.15, -0.1) is 23.5 Å². The SMILES string of the molecule is O=C(/C=C/c1ccco1)Nc1cccc(C2SCCCS2)c1. The Kier molecular flexibility index (Phi) is 5.29. The second kappa shape index (κ2) is 7.61. The van der Waals surface area contributed by atoms with E-state index in [4.69, 9.17) is 4.42 Å². The summed E-state index contributed by atoms with van der Waals surface area (Å²) in [6.07, 6.45) is 6.00. The first kappa shape index (κ1) is 15.3. The molecule has 0 aliphatic carbocycles. The molecule has 0 atom stereocenters. The van der Waals surface area contributed by atoms with E-state index in [1.165, 1.54) is 29.6 Å². The van der Waals surface area contributed by atoms with Gasteiger partial charge in [0.25, 0.3) is 0 Å². The standard InChI is InChI=1S/C17H17NO2S2/c19-16(8-7-15-6-2-9-20-15)18-14-5-1-4-13(12-14)17-21-10-3-11-22-17/h1-2,4-9,12,17H,3,10-11H2,(H,18,19)/b8-7+. The molecule has 22 heavy (non-hydrogen) atoms. The van der Waals surface area contributed by atoms with Crippen molar-refractivity contribution in [1.82, 2.24) is 0 Å². The van der Waals surface area contributed by atoms with Gasteiger partial charge in [-0.3, -0.25) is 4.79 Å². The fraction of sp³-hybridized carbons (Fsp3) is 0.235. The average molecular weight is 331 g/mol. The van der Waals surface area contributed by atoms with E-state index in [1.807, 2.05) is 41.7 Å². The van der Waals surface area contributed by atoms with E-state index in [0.717, 1.165) is 5.69 Å². The van der Waals surface area contributed by atoms with E-state index in [1.54, 1.807) is 18.4 Å². The molecule has 1 aromatic heterocycles. The summed E-state index contributed by atoms with van der Waals surface area (Å²) in [6, 6.07) is 11.7. The van der Waals surface area contributed by atoms with Crippen molar-refractivity contribution in [2.45, 2.75) is 11.0 Å². The predicted octanol–water partition coefficient (Wildman–Crippen LogP) is 4.80. The molecular formula is C17H17NO2S2. The molecule has 1 amide bonds. The number of rotatable bonds is 4. The van der Waals surface area contributed by atoms with Crippen molar-refractivity contribution in [3.05, 3.63) is 60.1 Å². The Labute approximate surface area is 138 Å². The maximum Gasteiger partial charge on any atom is 0.248 e. The molecule has 2 heterocycles. The Morgan fingerprint density at radius 3 is 2.86 bits per heavy atom. The summed E-state index contributed by atoms with van der Waals surface area (Å²) in [6.45, 7) is 0. The van der Waals surface area contributed by atoms with Crippen LogP contribution in [0, 0.1) is 0 Å². The van der Waals surface area contributed by atoms with E-state index in [9.17, 15) is 4.79 Å². The molecule has 0 radical (unpaired) electrons. The molecule has 0 bridgehead atoms. The molecule has 1 aromatic carbocycles. The summed E-state index contributed by atoms with van der Waals surface area (Å²) in [4.78, 5) is 11.9. The van der Waals surface area contributed by atoms with Gasteiger partial charge >= 0.3 is 0 Å². The lowest BCUT2D eigenvalue weighted by Crippen LogP contribution is -2.08. The molecule has 0 spiro atoms. The van der Waals surface area contributed by atoms with Gasteiger partial charge < -0.3 is 9.73 Å². The number of amides is 1. The first-order chi connectivity index (χ1) is 10.8. The number of thioether (sulfide) groups is 2. The lowest BCUT2D eigenvalue weighted by Gasteiger charge is -2.21. The van der Waals surface area contributed by atoms with Crippen molar-refractivity contribution >= 4 is 41.2 Å². The molecule has 3 rings (SSSR count). The smallest absolute Gasteiger partial charge is 0.248 e. The molecule has 1 aliphatic rings. The summed E-state index contributed by atoms with van der Waals surface area (Å²) >= 11 is 3.95. The minimum Gasteiger partial charge on any atom is -0.465 e. The molecule has 1 saturated heterocycles. The number of furan rings is 1. The van der Waals surface area contributed by atoms with Gasteiger partial charge in [-0.05, 0) is 53.8 Å². The maximum atomic E-state index is 11.9. The molecule has 0 unspecified atom stereocenters. The van der Waals surface area contributed by atoms with Crippen LogP contribution in [0.2, 0.25) is 0 Å². The third-order valence-electron chi connectivity index (χ3n) is 3.20. The zero-order chi connectivity index (χ0) is 15.2. The predicted molar refractivity (Wildman–Crippen MR) is 95.1 cm³/mol. The Morgan fingerprint density at radius 1 is 1.23 bits per heavy atom. The van der Waals surface area contributed by atoms with Crippen molar-refractivity contribution in [2.24, 2.45) is 0 Å². The Bertz CT molecular complexity index is 646. The monoisotopic (exact) mass is 331 g/mol. The highest BCUT2D eigenvalue weighted by atomic mass is 32.2. The second-order valence-corrected chi connectivity index (χ2v) is 7.61. The third kappa shape index (κ3) is 4.21. The van der Waals surface area contributed by atoms with E-state index < -0.39 is 0 Å². The van der Waals surface area contributed by atoms with Crippen molar-refractivity contribution in [2.75, 3.05) is 16.8 Å². The Morgan fingerprint density at radius 2 is 2.09 bits per heavy atom. The molecular weight excluding hydrogens is 314 g/mol.